The summed E-state index contributed by atoms with van der Waals surface area (Å²) in [5.41, 5.74) is 4.65. The van der Waals surface area contributed by atoms with Crippen LogP contribution in [-0.4, -0.2) is 69.5 Å². The molecule has 2 aromatic heterocycles. The molecule has 1 fully saturated rings. The van der Waals surface area contributed by atoms with Gasteiger partial charge >= 0.3 is 0 Å². The lowest BCUT2D eigenvalue weighted by atomic mass is 9.97. The number of halogens is 2. The van der Waals surface area contributed by atoms with Gasteiger partial charge in [0.15, 0.2) is 5.82 Å². The van der Waals surface area contributed by atoms with Gasteiger partial charge < -0.3 is 14.6 Å². The molecule has 8 nitrogen and oxygen atoms in total. The number of aromatic nitrogens is 4. The summed E-state index contributed by atoms with van der Waals surface area (Å²) in [6.45, 7) is 12.5. The average Bonchev–Trinajstić information content (AvgIpc) is 3.53. The van der Waals surface area contributed by atoms with Gasteiger partial charge in [-0.25, -0.2) is 4.98 Å². The van der Waals surface area contributed by atoms with E-state index in [4.69, 9.17) is 32.9 Å². The van der Waals surface area contributed by atoms with Gasteiger partial charge in [0, 0.05) is 41.8 Å². The Kier molecular flexibility index (Phi) is 7.72. The van der Waals surface area contributed by atoms with Crippen LogP contribution in [0.15, 0.2) is 45.0 Å². The maximum Gasteiger partial charge on any atom is 0.159 e. The van der Waals surface area contributed by atoms with Crippen LogP contribution in [0.25, 0.3) is 22.4 Å². The number of aromatic amines is 2. The number of benzene rings is 1. The lowest BCUT2D eigenvalue weighted by Gasteiger charge is -2.31. The van der Waals surface area contributed by atoms with Gasteiger partial charge in [-0.3, -0.25) is 15.0 Å². The number of likely N-dealkylation sites (tertiary alicyclic amines) is 1. The molecule has 5 rings (SSSR count). The highest BCUT2D eigenvalue weighted by atomic mass is 35.5. The minimum absolute atomic E-state index is 0.390. The van der Waals surface area contributed by atoms with Gasteiger partial charge in [-0.1, -0.05) is 23.2 Å². The number of nitrogens with one attached hydrogen (secondary N) is 2. The first-order valence-corrected chi connectivity index (χ1v) is 13.4. The molecule has 1 atom stereocenters. The van der Waals surface area contributed by atoms with Crippen LogP contribution in [-0.2, 0) is 13.1 Å². The summed E-state index contributed by atoms with van der Waals surface area (Å²) < 4.78 is 6.22. The van der Waals surface area contributed by atoms with E-state index in [0.717, 1.165) is 53.7 Å². The Morgan fingerprint density at radius 2 is 2.08 bits per heavy atom. The number of nitrogens with zero attached hydrogens (tertiary/aromatic N) is 5. The van der Waals surface area contributed by atoms with Crippen LogP contribution in [0.2, 0.25) is 0 Å². The Hall–Kier alpha value is -2.65. The van der Waals surface area contributed by atoms with Crippen LogP contribution >= 0.6 is 23.2 Å². The Bertz CT molecular complexity index is 1320. The van der Waals surface area contributed by atoms with Crippen LogP contribution < -0.4 is 4.74 Å². The molecule has 0 aliphatic carbocycles. The molecule has 0 saturated carbocycles. The normalized spacial score (nSPS) is 19.2. The highest BCUT2D eigenvalue weighted by Crippen LogP contribution is 2.33. The summed E-state index contributed by atoms with van der Waals surface area (Å²) in [6.07, 6.45) is 3.62. The van der Waals surface area contributed by atoms with Crippen LogP contribution in [0.3, 0.4) is 0 Å². The molecule has 0 bridgehead atoms. The predicted octanol–water partition coefficient (Wildman–Crippen LogP) is 5.67. The third-order valence-corrected chi connectivity index (χ3v) is 7.79. The van der Waals surface area contributed by atoms with E-state index in [-0.39, 0.29) is 0 Å². The fourth-order valence-electron chi connectivity index (χ4n) is 5.35. The topological polar surface area (TPSA) is 85.4 Å². The van der Waals surface area contributed by atoms with Gasteiger partial charge in [0.1, 0.15) is 17.5 Å². The van der Waals surface area contributed by atoms with Gasteiger partial charge in [-0.15, -0.1) is 0 Å². The first kappa shape index (κ1) is 26.0. The predicted molar refractivity (Wildman–Crippen MR) is 150 cm³/mol. The second-order valence-corrected chi connectivity index (χ2v) is 11.0. The monoisotopic (exact) mass is 541 g/mol. The number of piperidine rings is 1. The quantitative estimate of drug-likeness (QED) is 0.283. The molecule has 2 aliphatic rings. The van der Waals surface area contributed by atoms with Crippen molar-refractivity contribution < 1.29 is 4.74 Å². The number of fused-ring (bicyclic) bond motifs is 2. The summed E-state index contributed by atoms with van der Waals surface area (Å²) >= 11 is 12.7. The number of hydrogen-bond donors (Lipinski definition) is 2. The Balaban J connectivity index is 1.31. The molecule has 10 heteroatoms. The van der Waals surface area contributed by atoms with E-state index in [1.54, 1.807) is 6.92 Å². The van der Waals surface area contributed by atoms with E-state index in [1.807, 2.05) is 25.1 Å². The SMILES string of the molecule is C=N/C=C(Cl)\C(=C(/C)Cl)C(C)Oc1ccc2[nH]nc(-c3nc4c([nH]3)CN(CC3CCN(C)CC3)C4)c2c1. The minimum Gasteiger partial charge on any atom is -0.486 e. The molecule has 3 aromatic rings. The van der Waals surface area contributed by atoms with Crippen molar-refractivity contribution >= 4 is 40.8 Å². The van der Waals surface area contributed by atoms with Crippen molar-refractivity contribution in [2.45, 2.75) is 45.9 Å². The van der Waals surface area contributed by atoms with Crippen molar-refractivity contribution in [2.75, 3.05) is 26.7 Å². The number of allylic oxidation sites excluding steroid dienone is 1. The second-order valence-electron chi connectivity index (χ2n) is 10.1. The molecule has 0 radical (unpaired) electrons. The molecule has 1 aromatic carbocycles. The van der Waals surface area contributed by atoms with E-state index < -0.39 is 6.10 Å². The highest BCUT2D eigenvalue weighted by molar-refractivity contribution is 6.35. The number of H-pyrrole nitrogens is 2. The van der Waals surface area contributed by atoms with Crippen molar-refractivity contribution in [3.8, 4) is 17.3 Å². The fourth-order valence-corrected chi connectivity index (χ4v) is 6.02. The summed E-state index contributed by atoms with van der Waals surface area (Å²) in [7, 11) is 2.21. The van der Waals surface area contributed by atoms with E-state index in [9.17, 15) is 0 Å². The summed E-state index contributed by atoms with van der Waals surface area (Å²) in [5, 5.41) is 9.55. The van der Waals surface area contributed by atoms with Gasteiger partial charge in [-0.2, -0.15) is 5.10 Å². The molecule has 4 heterocycles. The minimum atomic E-state index is -0.390. The Morgan fingerprint density at radius 3 is 2.78 bits per heavy atom. The summed E-state index contributed by atoms with van der Waals surface area (Å²) in [5.74, 6) is 2.23. The zero-order valence-corrected chi connectivity index (χ0v) is 23.0. The number of ether oxygens (including phenoxy) is 1. The largest absolute Gasteiger partial charge is 0.486 e. The van der Waals surface area contributed by atoms with Crippen LogP contribution in [0.4, 0.5) is 0 Å². The van der Waals surface area contributed by atoms with E-state index in [0.29, 0.717) is 21.4 Å². The Labute approximate surface area is 227 Å². The zero-order chi connectivity index (χ0) is 26.1. The summed E-state index contributed by atoms with van der Waals surface area (Å²) in [4.78, 5) is 17.1. The van der Waals surface area contributed by atoms with Crippen LogP contribution in [0.5, 0.6) is 5.75 Å². The lowest BCUT2D eigenvalue weighted by Crippen LogP contribution is -2.35. The molecule has 2 aliphatic heterocycles. The maximum absolute atomic E-state index is 6.37. The van der Waals surface area contributed by atoms with E-state index >= 15 is 0 Å². The van der Waals surface area contributed by atoms with Crippen LogP contribution in [0.1, 0.15) is 38.1 Å². The van der Waals surface area contributed by atoms with Crippen molar-refractivity contribution in [1.29, 1.82) is 0 Å². The average molecular weight is 543 g/mol. The molecular formula is C27H33Cl2N7O. The third-order valence-electron chi connectivity index (χ3n) is 7.29. The van der Waals surface area contributed by atoms with Gasteiger partial charge in [-0.05, 0) is 77.7 Å². The number of imidazole rings is 1. The first-order valence-electron chi connectivity index (χ1n) is 12.6. The van der Waals surface area contributed by atoms with Crippen LogP contribution in [0, 0.1) is 5.92 Å². The lowest BCUT2D eigenvalue weighted by molar-refractivity contribution is 0.159. The van der Waals surface area contributed by atoms with Gasteiger partial charge in [0.25, 0.3) is 0 Å². The standard InChI is InChI=1S/C27H33Cl2N7O/c1-16(28)25(21(29)12-30-3)17(2)37-19-5-6-22-20(11-19)26(34-33-22)27-31-23-14-36(15-24(23)32-27)13-18-7-9-35(4)10-8-18/h5-6,11-12,17-18H,3,7-10,13-15H2,1-2,4H3,(H,31,32)(H,33,34)/b21-12+,25-16+. The number of rotatable bonds is 8. The third kappa shape index (κ3) is 5.62. The highest BCUT2D eigenvalue weighted by Gasteiger charge is 2.28. The Morgan fingerprint density at radius 1 is 1.30 bits per heavy atom. The van der Waals surface area contributed by atoms with Crippen molar-refractivity contribution in [3.63, 3.8) is 0 Å². The number of hydrogen-bond acceptors (Lipinski definition) is 6. The molecule has 196 valence electrons. The maximum atomic E-state index is 6.37. The molecule has 1 saturated heterocycles. The van der Waals surface area contributed by atoms with Crippen molar-refractivity contribution in [1.82, 2.24) is 30.0 Å². The second kappa shape index (κ2) is 11.0. The first-order chi connectivity index (χ1) is 17.8. The molecule has 1 unspecified atom stereocenters. The van der Waals surface area contributed by atoms with E-state index in [1.165, 1.54) is 37.8 Å². The molecule has 0 amide bonds. The van der Waals surface area contributed by atoms with Crippen molar-refractivity contribution in [3.05, 3.63) is 51.4 Å². The smallest absolute Gasteiger partial charge is 0.159 e. The molecular weight excluding hydrogens is 509 g/mol. The molecule has 0 spiro atoms. The van der Waals surface area contributed by atoms with Gasteiger partial charge in [0.05, 0.1) is 21.9 Å². The van der Waals surface area contributed by atoms with Crippen molar-refractivity contribution in [2.24, 2.45) is 10.9 Å². The zero-order valence-electron chi connectivity index (χ0n) is 21.5. The van der Waals surface area contributed by atoms with Gasteiger partial charge in [0.2, 0.25) is 0 Å². The fraction of sp³-hybridized carbons (Fsp3) is 0.444. The van der Waals surface area contributed by atoms with E-state index in [2.05, 4.69) is 43.7 Å². The summed E-state index contributed by atoms with van der Waals surface area (Å²) in [6, 6.07) is 5.82. The number of aliphatic imine (C=N–C) groups is 1. The molecule has 2 N–H and O–H groups in total. The molecule has 37 heavy (non-hydrogen) atoms.